The largest absolute Gasteiger partial charge is 0.243 e. The average Bonchev–Trinajstić information content (AvgIpc) is 3.03. The molecule has 3 aromatic heterocycles. The van der Waals surface area contributed by atoms with Gasteiger partial charge in [0.25, 0.3) is 0 Å². The Morgan fingerprint density at radius 2 is 0.551 bits per heavy atom. The van der Waals surface area contributed by atoms with E-state index in [1.807, 2.05) is 58.0 Å². The van der Waals surface area contributed by atoms with Gasteiger partial charge in [-0.2, -0.15) is 0 Å². The minimum atomic E-state index is -0.0675. The summed E-state index contributed by atoms with van der Waals surface area (Å²) in [5.41, 5.74) is 21.8. The molecular weight excluding hydrogens is 599 g/mol. The van der Waals surface area contributed by atoms with E-state index in [2.05, 4.69) is 110 Å². The zero-order chi connectivity index (χ0) is 35.3. The van der Waals surface area contributed by atoms with Crippen LogP contribution in [0.1, 0.15) is 67.5 Å². The van der Waals surface area contributed by atoms with Crippen molar-refractivity contribution >= 4 is 23.1 Å². The molecule has 0 fully saturated rings. The van der Waals surface area contributed by atoms with E-state index in [1.54, 1.807) is 0 Å². The maximum Gasteiger partial charge on any atom is 0.243 e. The Hall–Kier alpha value is -5.04. The highest BCUT2D eigenvalue weighted by Crippen LogP contribution is 2.32. The molecule has 0 aliphatic rings. The van der Waals surface area contributed by atoms with Crippen LogP contribution < -0.4 is 16.4 Å². The summed E-state index contributed by atoms with van der Waals surface area (Å²) in [5, 5.41) is 0. The molecular formula is C42H45BN6. The summed E-state index contributed by atoms with van der Waals surface area (Å²) in [7, 11) is 0. The van der Waals surface area contributed by atoms with Crippen LogP contribution in [-0.4, -0.2) is 36.6 Å². The van der Waals surface area contributed by atoms with E-state index in [-0.39, 0.29) is 6.71 Å². The molecule has 7 heteroatoms. The fraction of sp³-hybridized carbons (Fsp3) is 0.286. The molecule has 0 radical (unpaired) electrons. The van der Waals surface area contributed by atoms with E-state index in [1.165, 1.54) is 83.1 Å². The number of aryl methyl sites for hydroxylation is 9. The highest BCUT2D eigenvalue weighted by molar-refractivity contribution is 6.97. The van der Waals surface area contributed by atoms with Crippen LogP contribution in [0.15, 0.2) is 55.4 Å². The quantitative estimate of drug-likeness (QED) is 0.178. The molecule has 0 saturated heterocycles. The summed E-state index contributed by atoms with van der Waals surface area (Å²) in [5.74, 6) is 2.30. The molecule has 6 rings (SSSR count). The summed E-state index contributed by atoms with van der Waals surface area (Å²) in [6, 6.07) is 7.02. The van der Waals surface area contributed by atoms with E-state index in [0.29, 0.717) is 0 Å². The fourth-order valence-corrected chi connectivity index (χ4v) is 8.27. The van der Waals surface area contributed by atoms with Crippen LogP contribution in [0, 0.1) is 83.1 Å². The van der Waals surface area contributed by atoms with Crippen molar-refractivity contribution in [3.8, 4) is 33.4 Å². The van der Waals surface area contributed by atoms with Crippen molar-refractivity contribution in [2.24, 2.45) is 0 Å². The van der Waals surface area contributed by atoms with Crippen molar-refractivity contribution in [1.29, 1.82) is 0 Å². The predicted molar refractivity (Wildman–Crippen MR) is 204 cm³/mol. The molecule has 0 spiro atoms. The first-order valence-corrected chi connectivity index (χ1v) is 17.0. The van der Waals surface area contributed by atoms with Crippen LogP contribution >= 0.6 is 0 Å². The van der Waals surface area contributed by atoms with Crippen molar-refractivity contribution in [1.82, 2.24) is 29.9 Å². The molecule has 0 aliphatic heterocycles. The Morgan fingerprint density at radius 1 is 0.327 bits per heavy atom. The molecule has 49 heavy (non-hydrogen) atoms. The normalized spacial score (nSPS) is 11.3. The lowest BCUT2D eigenvalue weighted by Gasteiger charge is -2.30. The molecule has 3 heterocycles. The number of aromatic nitrogens is 6. The van der Waals surface area contributed by atoms with Crippen molar-refractivity contribution in [3.05, 3.63) is 123 Å². The lowest BCUT2D eigenvalue weighted by Crippen LogP contribution is -2.58. The Balaban J connectivity index is 1.76. The van der Waals surface area contributed by atoms with Gasteiger partial charge in [0.2, 0.25) is 6.71 Å². The minimum absolute atomic E-state index is 0.0675. The summed E-state index contributed by atoms with van der Waals surface area (Å²) < 4.78 is 0. The maximum atomic E-state index is 4.59. The van der Waals surface area contributed by atoms with E-state index in [4.69, 9.17) is 0 Å². The molecule has 3 aromatic carbocycles. The SMILES string of the molecule is Cc1ncc(-c2c(C)cc(C)c(B(c3c(C)cc(C)c(-c4cnc(C)nc4)c3C)c3c(C)cc(C)c(-c4cnc(C)nc4)c3C)c2C)cn1. The van der Waals surface area contributed by atoms with Gasteiger partial charge in [0.05, 0.1) is 0 Å². The third kappa shape index (κ3) is 6.07. The average molecular weight is 645 g/mol. The molecule has 0 saturated carbocycles. The van der Waals surface area contributed by atoms with Gasteiger partial charge < -0.3 is 0 Å². The summed E-state index contributed by atoms with van der Waals surface area (Å²) in [6.07, 6.45) is 11.8. The summed E-state index contributed by atoms with van der Waals surface area (Å²) in [6.45, 7) is 25.9. The van der Waals surface area contributed by atoms with Crippen LogP contribution in [0.2, 0.25) is 0 Å². The molecule has 246 valence electrons. The second kappa shape index (κ2) is 13.1. The van der Waals surface area contributed by atoms with Gasteiger partial charge in [-0.3, -0.25) is 0 Å². The van der Waals surface area contributed by atoms with Crippen molar-refractivity contribution in [2.45, 2.75) is 83.1 Å². The van der Waals surface area contributed by atoms with Crippen LogP contribution in [0.5, 0.6) is 0 Å². The Kier molecular flexibility index (Phi) is 9.06. The topological polar surface area (TPSA) is 77.3 Å². The number of hydrogen-bond donors (Lipinski definition) is 0. The van der Waals surface area contributed by atoms with E-state index in [0.717, 1.165) is 34.2 Å². The van der Waals surface area contributed by atoms with Crippen LogP contribution in [0.4, 0.5) is 0 Å². The monoisotopic (exact) mass is 644 g/mol. The van der Waals surface area contributed by atoms with Gasteiger partial charge in [-0.15, -0.1) is 0 Å². The predicted octanol–water partition coefficient (Wildman–Crippen LogP) is 7.27. The fourth-order valence-electron chi connectivity index (χ4n) is 8.27. The number of nitrogens with zero attached hydrogens (tertiary/aromatic N) is 6. The van der Waals surface area contributed by atoms with Crippen LogP contribution in [-0.2, 0) is 0 Å². The second-order valence-electron chi connectivity index (χ2n) is 13.8. The van der Waals surface area contributed by atoms with Crippen molar-refractivity contribution in [3.63, 3.8) is 0 Å². The smallest absolute Gasteiger partial charge is 0.241 e. The summed E-state index contributed by atoms with van der Waals surface area (Å²) in [4.78, 5) is 27.6. The lowest BCUT2D eigenvalue weighted by atomic mass is 9.32. The van der Waals surface area contributed by atoms with Crippen LogP contribution in [0.3, 0.4) is 0 Å². The minimum Gasteiger partial charge on any atom is -0.241 e. The van der Waals surface area contributed by atoms with Gasteiger partial charge in [-0.05, 0) is 133 Å². The van der Waals surface area contributed by atoms with Gasteiger partial charge in [-0.1, -0.05) is 51.3 Å². The van der Waals surface area contributed by atoms with Gasteiger partial charge in [0, 0.05) is 53.9 Å². The van der Waals surface area contributed by atoms with Crippen molar-refractivity contribution in [2.75, 3.05) is 0 Å². The molecule has 0 aliphatic carbocycles. The number of rotatable bonds is 6. The zero-order valence-corrected chi connectivity index (χ0v) is 31.0. The highest BCUT2D eigenvalue weighted by atomic mass is 14.9. The number of benzene rings is 3. The van der Waals surface area contributed by atoms with Gasteiger partial charge in [-0.25, -0.2) is 29.9 Å². The van der Waals surface area contributed by atoms with Gasteiger partial charge in [0.1, 0.15) is 17.5 Å². The standard InChI is InChI=1S/C42H45BN6/c1-22-13-25(4)40(28(7)37(22)34-16-44-31(10)45-17-34)43(41-26(5)14-23(2)38(29(41)8)35-18-46-32(11)47-19-35)42-27(6)15-24(3)39(30(42)9)36-20-48-33(12)49-21-36/h13-21H,1-12H3. The molecule has 0 atom stereocenters. The van der Waals surface area contributed by atoms with Gasteiger partial charge in [0.15, 0.2) is 0 Å². The number of hydrogen-bond acceptors (Lipinski definition) is 6. The third-order valence-corrected chi connectivity index (χ3v) is 10.2. The lowest BCUT2D eigenvalue weighted by molar-refractivity contribution is 1.05. The maximum absolute atomic E-state index is 4.59. The Bertz CT molecular complexity index is 1970. The third-order valence-electron chi connectivity index (χ3n) is 10.2. The molecule has 0 bridgehead atoms. The van der Waals surface area contributed by atoms with Gasteiger partial charge >= 0.3 is 0 Å². The van der Waals surface area contributed by atoms with Crippen molar-refractivity contribution < 1.29 is 0 Å². The molecule has 6 aromatic rings. The van der Waals surface area contributed by atoms with E-state index < -0.39 is 0 Å². The first-order chi connectivity index (χ1) is 23.3. The second-order valence-corrected chi connectivity index (χ2v) is 13.8. The summed E-state index contributed by atoms with van der Waals surface area (Å²) >= 11 is 0. The van der Waals surface area contributed by atoms with E-state index >= 15 is 0 Å². The first-order valence-electron chi connectivity index (χ1n) is 17.0. The van der Waals surface area contributed by atoms with Crippen LogP contribution in [0.25, 0.3) is 33.4 Å². The molecule has 6 nitrogen and oxygen atoms in total. The first kappa shape index (κ1) is 33.9. The molecule has 0 unspecified atom stereocenters. The molecule has 0 N–H and O–H groups in total. The Morgan fingerprint density at radius 3 is 0.776 bits per heavy atom. The highest BCUT2D eigenvalue weighted by Gasteiger charge is 2.34. The van der Waals surface area contributed by atoms with E-state index in [9.17, 15) is 0 Å². The molecule has 0 amide bonds. The Labute approximate surface area is 291 Å². The zero-order valence-electron chi connectivity index (χ0n) is 31.0.